The Morgan fingerprint density at radius 1 is 1.17 bits per heavy atom. The predicted molar refractivity (Wildman–Crippen MR) is 97.8 cm³/mol. The summed E-state index contributed by atoms with van der Waals surface area (Å²) in [5.74, 6) is -1.81. The summed E-state index contributed by atoms with van der Waals surface area (Å²) >= 11 is 0. The van der Waals surface area contributed by atoms with Crippen molar-refractivity contribution in [2.75, 3.05) is 6.61 Å². The molecular formula is C19H20F3N3O4. The van der Waals surface area contributed by atoms with Gasteiger partial charge in [-0.2, -0.15) is 18.3 Å². The van der Waals surface area contributed by atoms with Crippen LogP contribution in [0.1, 0.15) is 42.5 Å². The van der Waals surface area contributed by atoms with Crippen molar-refractivity contribution < 1.29 is 27.5 Å². The minimum absolute atomic E-state index is 0.0914. The van der Waals surface area contributed by atoms with Crippen LogP contribution in [-0.4, -0.2) is 33.8 Å². The Hall–Kier alpha value is -3.17. The number of nitrogens with zero attached hydrogens (tertiary/aromatic N) is 2. The van der Waals surface area contributed by atoms with Crippen LogP contribution in [0.25, 0.3) is 5.69 Å². The minimum atomic E-state index is -4.67. The molecule has 1 amide bonds. The van der Waals surface area contributed by atoms with Crippen molar-refractivity contribution in [3.63, 3.8) is 0 Å². The fraction of sp³-hybridized carbons (Fsp3) is 0.368. The van der Waals surface area contributed by atoms with Crippen molar-refractivity contribution in [3.8, 4) is 5.69 Å². The molecule has 0 saturated carbocycles. The maximum absolute atomic E-state index is 13.3. The number of hydrogen-bond acceptors (Lipinski definition) is 5. The first-order valence-electron chi connectivity index (χ1n) is 8.55. The van der Waals surface area contributed by atoms with E-state index < -0.39 is 46.9 Å². The topological polar surface area (TPSA) is 90.3 Å². The number of aromatic nitrogens is 2. The quantitative estimate of drug-likeness (QED) is 0.782. The monoisotopic (exact) mass is 411 g/mol. The van der Waals surface area contributed by atoms with Crippen molar-refractivity contribution in [1.29, 1.82) is 0 Å². The van der Waals surface area contributed by atoms with Gasteiger partial charge >= 0.3 is 12.1 Å². The minimum Gasteiger partial charge on any atom is -0.451 e. The van der Waals surface area contributed by atoms with Crippen LogP contribution in [0, 0.1) is 6.92 Å². The molecular weight excluding hydrogens is 391 g/mol. The van der Waals surface area contributed by atoms with Gasteiger partial charge in [0, 0.05) is 17.3 Å². The molecule has 7 nitrogen and oxygen atoms in total. The number of carbonyl (C=O) groups excluding carboxylic acids is 2. The highest BCUT2D eigenvalue weighted by Gasteiger charge is 2.34. The van der Waals surface area contributed by atoms with Crippen molar-refractivity contribution in [1.82, 2.24) is 15.1 Å². The summed E-state index contributed by atoms with van der Waals surface area (Å²) in [6.07, 6.45) is -4.67. The van der Waals surface area contributed by atoms with E-state index in [9.17, 15) is 27.6 Å². The Labute approximate surface area is 164 Å². The molecule has 29 heavy (non-hydrogen) atoms. The van der Waals surface area contributed by atoms with E-state index in [0.29, 0.717) is 0 Å². The zero-order chi connectivity index (χ0) is 22.0. The Morgan fingerprint density at radius 3 is 2.38 bits per heavy atom. The van der Waals surface area contributed by atoms with E-state index in [0.717, 1.165) is 16.8 Å². The number of alkyl halides is 3. The Bertz CT molecular complexity index is 991. The van der Waals surface area contributed by atoms with Gasteiger partial charge in [-0.1, -0.05) is 12.1 Å². The third kappa shape index (κ3) is 5.66. The molecule has 0 bridgehead atoms. The lowest BCUT2D eigenvalue weighted by atomic mass is 10.1. The molecule has 2 aromatic rings. The van der Waals surface area contributed by atoms with Gasteiger partial charge in [-0.25, -0.2) is 9.48 Å². The standard InChI is InChI=1S/C19H20F3N3O4/c1-11-9-14(26)16(17(28)29-10-15(27)23-18(2,3)4)24-25(11)13-8-6-5-7-12(13)19(20,21)22/h5-9H,10H2,1-4H3,(H,23,27). The lowest BCUT2D eigenvalue weighted by Crippen LogP contribution is -2.43. The van der Waals surface area contributed by atoms with Gasteiger partial charge in [0.15, 0.2) is 6.61 Å². The molecule has 0 aliphatic rings. The number of hydrogen-bond donors (Lipinski definition) is 1. The summed E-state index contributed by atoms with van der Waals surface area (Å²) in [7, 11) is 0. The van der Waals surface area contributed by atoms with Crippen LogP contribution < -0.4 is 10.7 Å². The molecule has 0 radical (unpaired) electrons. The smallest absolute Gasteiger partial charge is 0.418 e. The molecule has 1 aromatic carbocycles. The van der Waals surface area contributed by atoms with E-state index in [1.54, 1.807) is 20.8 Å². The normalized spacial score (nSPS) is 11.8. The highest BCUT2D eigenvalue weighted by atomic mass is 19.4. The van der Waals surface area contributed by atoms with Gasteiger partial charge in [0.05, 0.1) is 11.3 Å². The highest BCUT2D eigenvalue weighted by Crippen LogP contribution is 2.33. The molecule has 1 N–H and O–H groups in total. The predicted octanol–water partition coefficient (Wildman–Crippen LogP) is 2.63. The van der Waals surface area contributed by atoms with Gasteiger partial charge in [-0.15, -0.1) is 0 Å². The van der Waals surface area contributed by atoms with E-state index in [-0.39, 0.29) is 11.4 Å². The first-order valence-corrected chi connectivity index (χ1v) is 8.55. The number of aryl methyl sites for hydroxylation is 1. The lowest BCUT2D eigenvalue weighted by Gasteiger charge is -2.20. The highest BCUT2D eigenvalue weighted by molar-refractivity contribution is 5.89. The molecule has 0 fully saturated rings. The van der Waals surface area contributed by atoms with E-state index in [1.165, 1.54) is 25.1 Å². The molecule has 0 saturated heterocycles. The molecule has 10 heteroatoms. The molecule has 0 aliphatic carbocycles. The van der Waals surface area contributed by atoms with E-state index in [4.69, 9.17) is 4.74 Å². The molecule has 0 unspecified atom stereocenters. The van der Waals surface area contributed by atoms with Crippen molar-refractivity contribution >= 4 is 11.9 Å². The number of rotatable bonds is 4. The summed E-state index contributed by atoms with van der Waals surface area (Å²) in [6.45, 7) is 5.90. The van der Waals surface area contributed by atoms with Crippen molar-refractivity contribution in [2.45, 2.75) is 39.4 Å². The van der Waals surface area contributed by atoms with Gasteiger partial charge < -0.3 is 10.1 Å². The fourth-order valence-electron chi connectivity index (χ4n) is 2.48. The SMILES string of the molecule is Cc1cc(=O)c(C(=O)OCC(=O)NC(C)(C)C)nn1-c1ccccc1C(F)(F)F. The molecule has 1 heterocycles. The zero-order valence-electron chi connectivity index (χ0n) is 16.3. The van der Waals surface area contributed by atoms with Gasteiger partial charge in [0.1, 0.15) is 0 Å². The number of para-hydroxylation sites is 1. The fourth-order valence-corrected chi connectivity index (χ4v) is 2.48. The molecule has 0 aliphatic heterocycles. The molecule has 0 spiro atoms. The summed E-state index contributed by atoms with van der Waals surface area (Å²) in [5, 5.41) is 6.33. The second-order valence-corrected chi connectivity index (χ2v) is 7.30. The number of esters is 1. The van der Waals surface area contributed by atoms with Crippen molar-refractivity contribution in [2.24, 2.45) is 0 Å². The van der Waals surface area contributed by atoms with E-state index in [2.05, 4.69) is 10.4 Å². The third-order valence-electron chi connectivity index (χ3n) is 3.59. The first kappa shape index (κ1) is 22.1. The number of nitrogens with one attached hydrogen (secondary N) is 1. The second-order valence-electron chi connectivity index (χ2n) is 7.30. The summed E-state index contributed by atoms with van der Waals surface area (Å²) < 4.78 is 45.6. The largest absolute Gasteiger partial charge is 0.451 e. The number of amides is 1. The van der Waals surface area contributed by atoms with Crippen molar-refractivity contribution in [3.05, 3.63) is 57.5 Å². The number of benzene rings is 1. The molecule has 1 aromatic heterocycles. The van der Waals surface area contributed by atoms with Crippen LogP contribution in [0.2, 0.25) is 0 Å². The van der Waals surface area contributed by atoms with Crippen LogP contribution in [0.15, 0.2) is 35.1 Å². The van der Waals surface area contributed by atoms with E-state index >= 15 is 0 Å². The van der Waals surface area contributed by atoms with Crippen LogP contribution in [-0.2, 0) is 15.7 Å². The summed E-state index contributed by atoms with van der Waals surface area (Å²) in [4.78, 5) is 36.1. The van der Waals surface area contributed by atoms with Crippen LogP contribution in [0.4, 0.5) is 13.2 Å². The second kappa shape index (κ2) is 8.06. The summed E-state index contributed by atoms with van der Waals surface area (Å²) in [5.41, 5.74) is -3.35. The van der Waals surface area contributed by atoms with Gasteiger partial charge in [0.25, 0.3) is 5.91 Å². The average molecular weight is 411 g/mol. The van der Waals surface area contributed by atoms with E-state index in [1.807, 2.05) is 0 Å². The Balaban J connectivity index is 2.37. The van der Waals surface area contributed by atoms with Gasteiger partial charge in [0.2, 0.25) is 11.1 Å². The maximum atomic E-state index is 13.3. The van der Waals surface area contributed by atoms with Crippen LogP contribution >= 0.6 is 0 Å². The lowest BCUT2D eigenvalue weighted by molar-refractivity contribution is -0.137. The van der Waals surface area contributed by atoms with Gasteiger partial charge in [-0.3, -0.25) is 9.59 Å². The molecule has 2 rings (SSSR count). The van der Waals surface area contributed by atoms with Crippen LogP contribution in [0.3, 0.4) is 0 Å². The van der Waals surface area contributed by atoms with Crippen LogP contribution in [0.5, 0.6) is 0 Å². The average Bonchev–Trinajstić information content (AvgIpc) is 2.57. The number of carbonyl (C=O) groups is 2. The molecule has 156 valence electrons. The Kier molecular flexibility index (Phi) is 6.15. The summed E-state index contributed by atoms with van der Waals surface area (Å²) in [6, 6.07) is 5.60. The third-order valence-corrected chi connectivity index (χ3v) is 3.59. The molecule has 0 atom stereocenters. The Morgan fingerprint density at radius 2 is 1.79 bits per heavy atom. The zero-order valence-corrected chi connectivity index (χ0v) is 16.3. The number of ether oxygens (including phenoxy) is 1. The first-order chi connectivity index (χ1) is 13.3. The van der Waals surface area contributed by atoms with Gasteiger partial charge in [-0.05, 0) is 39.8 Å². The maximum Gasteiger partial charge on any atom is 0.418 e. The number of halogens is 3.